The number of aliphatic carboxylic acids is 1. The highest BCUT2D eigenvalue weighted by Gasteiger charge is 2.41. The van der Waals surface area contributed by atoms with Gasteiger partial charge in [-0.3, -0.25) is 9.69 Å². The van der Waals surface area contributed by atoms with Crippen LogP contribution in [0.5, 0.6) is 0 Å². The van der Waals surface area contributed by atoms with Crippen molar-refractivity contribution in [2.24, 2.45) is 5.41 Å². The second-order valence-electron chi connectivity index (χ2n) is 5.62. The molecule has 0 aliphatic carbocycles. The van der Waals surface area contributed by atoms with Crippen LogP contribution in [0.4, 0.5) is 0 Å². The van der Waals surface area contributed by atoms with Crippen molar-refractivity contribution >= 4 is 5.97 Å². The normalized spacial score (nSPS) is 26.2. The highest BCUT2D eigenvalue weighted by molar-refractivity contribution is 5.74. The Bertz CT molecular complexity index is 458. The van der Waals surface area contributed by atoms with E-state index in [1.807, 2.05) is 19.1 Å². The minimum Gasteiger partial charge on any atom is -0.481 e. The Morgan fingerprint density at radius 3 is 2.67 bits per heavy atom. The van der Waals surface area contributed by atoms with Crippen molar-refractivity contribution < 1.29 is 9.90 Å². The van der Waals surface area contributed by atoms with Gasteiger partial charge in [0, 0.05) is 12.6 Å². The van der Waals surface area contributed by atoms with Gasteiger partial charge in [0.2, 0.25) is 0 Å². The van der Waals surface area contributed by atoms with E-state index in [2.05, 4.69) is 30.9 Å². The molecule has 98 valence electrons. The molecule has 1 heterocycles. The van der Waals surface area contributed by atoms with Gasteiger partial charge >= 0.3 is 5.97 Å². The number of hydrogen-bond donors (Lipinski definition) is 1. The van der Waals surface area contributed by atoms with Crippen LogP contribution in [-0.2, 0) is 4.79 Å². The Morgan fingerprint density at radius 1 is 1.44 bits per heavy atom. The lowest BCUT2D eigenvalue weighted by atomic mass is 9.90. The zero-order valence-corrected chi connectivity index (χ0v) is 11.3. The molecular weight excluding hydrogens is 226 g/mol. The number of carbonyl (C=O) groups is 1. The van der Waals surface area contributed by atoms with Crippen LogP contribution < -0.4 is 0 Å². The molecule has 1 fully saturated rings. The molecule has 1 aliphatic heterocycles. The van der Waals surface area contributed by atoms with E-state index in [9.17, 15) is 9.90 Å². The summed E-state index contributed by atoms with van der Waals surface area (Å²) < 4.78 is 0. The lowest BCUT2D eigenvalue weighted by molar-refractivity contribution is -0.147. The molecule has 1 aromatic rings. The average molecular weight is 247 g/mol. The molecule has 0 aromatic heterocycles. The van der Waals surface area contributed by atoms with E-state index in [1.54, 1.807) is 0 Å². The van der Waals surface area contributed by atoms with Crippen molar-refractivity contribution in [3.05, 3.63) is 35.4 Å². The lowest BCUT2D eigenvalue weighted by Gasteiger charge is -2.27. The first kappa shape index (κ1) is 13.1. The summed E-state index contributed by atoms with van der Waals surface area (Å²) in [6.07, 6.45) is 0.735. The summed E-state index contributed by atoms with van der Waals surface area (Å²) in [4.78, 5) is 13.5. The summed E-state index contributed by atoms with van der Waals surface area (Å²) in [5.41, 5.74) is 1.98. The van der Waals surface area contributed by atoms with E-state index >= 15 is 0 Å². The van der Waals surface area contributed by atoms with Gasteiger partial charge in [0.25, 0.3) is 0 Å². The first-order valence-corrected chi connectivity index (χ1v) is 6.47. The number of carboxylic acid groups (broad SMARTS) is 1. The van der Waals surface area contributed by atoms with Gasteiger partial charge in [0.1, 0.15) is 0 Å². The first-order valence-electron chi connectivity index (χ1n) is 6.47. The predicted octanol–water partition coefficient (Wildman–Crippen LogP) is 2.85. The van der Waals surface area contributed by atoms with Gasteiger partial charge in [-0.15, -0.1) is 0 Å². The maximum absolute atomic E-state index is 11.3. The minimum absolute atomic E-state index is 0.285. The van der Waals surface area contributed by atoms with Crippen LogP contribution in [0.25, 0.3) is 0 Å². The number of nitrogens with zero attached hydrogens (tertiary/aromatic N) is 1. The molecule has 1 N–H and O–H groups in total. The highest BCUT2D eigenvalue weighted by Crippen LogP contribution is 2.35. The van der Waals surface area contributed by atoms with Crippen molar-refractivity contribution in [3.63, 3.8) is 0 Å². The highest BCUT2D eigenvalue weighted by atomic mass is 16.4. The second-order valence-corrected chi connectivity index (χ2v) is 5.62. The fourth-order valence-electron chi connectivity index (χ4n) is 2.75. The van der Waals surface area contributed by atoms with Crippen molar-refractivity contribution in [1.29, 1.82) is 0 Å². The molecule has 2 rings (SSSR count). The monoisotopic (exact) mass is 247 g/mol. The topological polar surface area (TPSA) is 40.5 Å². The van der Waals surface area contributed by atoms with E-state index in [1.165, 1.54) is 11.1 Å². The van der Waals surface area contributed by atoms with Crippen LogP contribution in [0.3, 0.4) is 0 Å². The van der Waals surface area contributed by atoms with Crippen molar-refractivity contribution in [3.8, 4) is 0 Å². The molecule has 0 bridgehead atoms. The maximum Gasteiger partial charge on any atom is 0.310 e. The molecule has 1 aliphatic rings. The molecule has 2 unspecified atom stereocenters. The Balaban J connectivity index is 2.15. The summed E-state index contributed by atoms with van der Waals surface area (Å²) in [6, 6.07) is 8.61. The lowest BCUT2D eigenvalue weighted by Crippen LogP contribution is -2.33. The number of hydrogen-bond acceptors (Lipinski definition) is 2. The molecular formula is C15H21NO2. The minimum atomic E-state index is -0.679. The smallest absolute Gasteiger partial charge is 0.310 e. The van der Waals surface area contributed by atoms with Crippen molar-refractivity contribution in [2.75, 3.05) is 13.1 Å². The Hall–Kier alpha value is -1.35. The van der Waals surface area contributed by atoms with Crippen LogP contribution in [0, 0.1) is 12.3 Å². The number of likely N-dealkylation sites (tertiary alicyclic amines) is 1. The van der Waals surface area contributed by atoms with Gasteiger partial charge in [0.15, 0.2) is 0 Å². The maximum atomic E-state index is 11.3. The summed E-state index contributed by atoms with van der Waals surface area (Å²) in [5, 5.41) is 9.27. The summed E-state index contributed by atoms with van der Waals surface area (Å²) in [5.74, 6) is -0.679. The van der Waals surface area contributed by atoms with Gasteiger partial charge in [-0.2, -0.15) is 0 Å². The summed E-state index contributed by atoms with van der Waals surface area (Å²) in [6.45, 7) is 7.62. The quantitative estimate of drug-likeness (QED) is 0.893. The molecule has 0 saturated carbocycles. The summed E-state index contributed by atoms with van der Waals surface area (Å²) >= 11 is 0. The Kier molecular flexibility index (Phi) is 3.44. The molecule has 0 spiro atoms. The zero-order chi connectivity index (χ0) is 13.3. The van der Waals surface area contributed by atoms with Crippen LogP contribution in [0.1, 0.15) is 37.4 Å². The number of aryl methyl sites for hydroxylation is 1. The predicted molar refractivity (Wildman–Crippen MR) is 71.5 cm³/mol. The second kappa shape index (κ2) is 4.73. The van der Waals surface area contributed by atoms with Gasteiger partial charge in [0.05, 0.1) is 5.41 Å². The van der Waals surface area contributed by atoms with Gasteiger partial charge in [-0.1, -0.05) is 24.3 Å². The fraction of sp³-hybridized carbons (Fsp3) is 0.533. The first-order chi connectivity index (χ1) is 8.44. The van der Waals surface area contributed by atoms with Crippen LogP contribution in [-0.4, -0.2) is 29.1 Å². The zero-order valence-electron chi connectivity index (χ0n) is 11.3. The van der Waals surface area contributed by atoms with Crippen molar-refractivity contribution in [1.82, 2.24) is 4.90 Å². The third kappa shape index (κ3) is 2.27. The van der Waals surface area contributed by atoms with Crippen LogP contribution in [0.2, 0.25) is 0 Å². The third-order valence-electron chi connectivity index (χ3n) is 4.21. The van der Waals surface area contributed by atoms with E-state index < -0.39 is 11.4 Å². The Labute approximate surface area is 108 Å². The van der Waals surface area contributed by atoms with E-state index in [-0.39, 0.29) is 6.04 Å². The molecule has 2 atom stereocenters. The molecule has 3 nitrogen and oxygen atoms in total. The average Bonchev–Trinajstić information content (AvgIpc) is 2.73. The molecule has 18 heavy (non-hydrogen) atoms. The Morgan fingerprint density at radius 2 is 2.11 bits per heavy atom. The SMILES string of the molecule is Cc1ccccc1C(C)N1CCC(C)(C(=O)O)C1. The van der Waals surface area contributed by atoms with Gasteiger partial charge < -0.3 is 5.11 Å². The number of rotatable bonds is 3. The number of benzene rings is 1. The third-order valence-corrected chi connectivity index (χ3v) is 4.21. The van der Waals surface area contributed by atoms with Crippen molar-refractivity contribution in [2.45, 2.75) is 33.2 Å². The fourth-order valence-corrected chi connectivity index (χ4v) is 2.75. The molecule has 0 amide bonds. The standard InChI is InChI=1S/C15H21NO2/c1-11-6-4-5-7-13(11)12(2)16-9-8-15(3,10-16)14(17)18/h4-7,12H,8-10H2,1-3H3,(H,17,18). The summed E-state index contributed by atoms with van der Waals surface area (Å²) in [7, 11) is 0. The molecule has 1 saturated heterocycles. The van der Waals surface area contributed by atoms with E-state index in [0.717, 1.165) is 13.0 Å². The molecule has 3 heteroatoms. The van der Waals surface area contributed by atoms with Crippen LogP contribution in [0.15, 0.2) is 24.3 Å². The largest absolute Gasteiger partial charge is 0.481 e. The van der Waals surface area contributed by atoms with E-state index in [4.69, 9.17) is 0 Å². The van der Waals surface area contributed by atoms with Gasteiger partial charge in [-0.25, -0.2) is 0 Å². The van der Waals surface area contributed by atoms with E-state index in [0.29, 0.717) is 6.54 Å². The molecule has 1 aromatic carbocycles. The number of carboxylic acids is 1. The van der Waals surface area contributed by atoms with Gasteiger partial charge in [-0.05, 0) is 44.9 Å². The molecule has 0 radical (unpaired) electrons. The van der Waals surface area contributed by atoms with Crippen LogP contribution >= 0.6 is 0 Å².